The van der Waals surface area contributed by atoms with E-state index in [9.17, 15) is 14.7 Å². The standard InChI is InChI=1S/C14H18N2O3/c1-14(9-17,10-5-3-2-4-6-10)16-13(19)11-7-8-12(18)15-11/h2-6,11,17H,7-9H2,1H3,(H,15,18)(H,16,19)/t11-,14?/m1/s1. The monoisotopic (exact) mass is 262 g/mol. The van der Waals surface area contributed by atoms with Gasteiger partial charge in [0.1, 0.15) is 6.04 Å². The van der Waals surface area contributed by atoms with Crippen LogP contribution in [0.25, 0.3) is 0 Å². The molecule has 1 aromatic carbocycles. The third-order valence-corrected chi connectivity index (χ3v) is 3.44. The van der Waals surface area contributed by atoms with Crippen LogP contribution in [0.2, 0.25) is 0 Å². The highest BCUT2D eigenvalue weighted by molar-refractivity contribution is 5.91. The van der Waals surface area contributed by atoms with Crippen molar-refractivity contribution < 1.29 is 14.7 Å². The number of amides is 2. The van der Waals surface area contributed by atoms with Crippen LogP contribution in [0.4, 0.5) is 0 Å². The molecule has 2 rings (SSSR count). The third-order valence-electron chi connectivity index (χ3n) is 3.44. The van der Waals surface area contributed by atoms with Crippen molar-refractivity contribution >= 4 is 11.8 Å². The maximum Gasteiger partial charge on any atom is 0.243 e. The summed E-state index contributed by atoms with van der Waals surface area (Å²) in [6.07, 6.45) is 0.875. The highest BCUT2D eigenvalue weighted by atomic mass is 16.3. The molecule has 3 N–H and O–H groups in total. The second-order valence-electron chi connectivity index (χ2n) is 5.00. The summed E-state index contributed by atoms with van der Waals surface area (Å²) < 4.78 is 0. The van der Waals surface area contributed by atoms with Crippen LogP contribution < -0.4 is 10.6 Å². The predicted octanol–water partition coefficient (Wildman–Crippen LogP) is 0.289. The minimum Gasteiger partial charge on any atom is -0.394 e. The lowest BCUT2D eigenvalue weighted by Gasteiger charge is -2.30. The Morgan fingerprint density at radius 3 is 2.68 bits per heavy atom. The van der Waals surface area contributed by atoms with Crippen LogP contribution in [0, 0.1) is 0 Å². The van der Waals surface area contributed by atoms with Gasteiger partial charge in [-0.3, -0.25) is 9.59 Å². The number of aliphatic hydroxyl groups excluding tert-OH is 1. The Kier molecular flexibility index (Phi) is 3.85. The summed E-state index contributed by atoms with van der Waals surface area (Å²) in [5.41, 5.74) is -0.0127. The van der Waals surface area contributed by atoms with Gasteiger partial charge in [-0.2, -0.15) is 0 Å². The quantitative estimate of drug-likeness (QED) is 0.729. The van der Waals surface area contributed by atoms with Gasteiger partial charge in [0.05, 0.1) is 12.1 Å². The molecule has 5 heteroatoms. The van der Waals surface area contributed by atoms with E-state index >= 15 is 0 Å². The van der Waals surface area contributed by atoms with Gasteiger partial charge in [-0.1, -0.05) is 30.3 Å². The van der Waals surface area contributed by atoms with Crippen LogP contribution in [0.15, 0.2) is 30.3 Å². The van der Waals surface area contributed by atoms with E-state index in [-0.39, 0.29) is 18.4 Å². The van der Waals surface area contributed by atoms with E-state index in [2.05, 4.69) is 10.6 Å². The normalized spacial score (nSPS) is 21.6. The third kappa shape index (κ3) is 2.93. The van der Waals surface area contributed by atoms with E-state index < -0.39 is 11.6 Å². The number of benzene rings is 1. The molecule has 1 saturated heterocycles. The lowest BCUT2D eigenvalue weighted by molar-refractivity contribution is -0.127. The zero-order chi connectivity index (χ0) is 13.9. The average Bonchev–Trinajstić information content (AvgIpc) is 2.86. The summed E-state index contributed by atoms with van der Waals surface area (Å²) in [6.45, 7) is 1.56. The highest BCUT2D eigenvalue weighted by Crippen LogP contribution is 2.20. The molecule has 0 saturated carbocycles. The number of rotatable bonds is 4. The SMILES string of the molecule is CC(CO)(NC(=O)[C@H]1CCC(=O)N1)c1ccccc1. The molecule has 0 radical (unpaired) electrons. The fraction of sp³-hybridized carbons (Fsp3) is 0.429. The van der Waals surface area contributed by atoms with E-state index in [4.69, 9.17) is 0 Å². The largest absolute Gasteiger partial charge is 0.394 e. The molecular formula is C14H18N2O3. The number of hydrogen-bond acceptors (Lipinski definition) is 3. The Labute approximate surface area is 112 Å². The Bertz CT molecular complexity index is 475. The van der Waals surface area contributed by atoms with Gasteiger partial charge >= 0.3 is 0 Å². The summed E-state index contributed by atoms with van der Waals surface area (Å²) in [7, 11) is 0. The summed E-state index contributed by atoms with van der Waals surface area (Å²) in [6, 6.07) is 8.79. The van der Waals surface area contributed by atoms with Crippen LogP contribution >= 0.6 is 0 Å². The zero-order valence-electron chi connectivity index (χ0n) is 10.8. The van der Waals surface area contributed by atoms with Gasteiger partial charge < -0.3 is 15.7 Å². The van der Waals surface area contributed by atoms with Crippen molar-refractivity contribution in [3.63, 3.8) is 0 Å². The number of aliphatic hydroxyl groups is 1. The molecule has 1 aliphatic heterocycles. The lowest BCUT2D eigenvalue weighted by atomic mass is 9.92. The first kappa shape index (κ1) is 13.5. The fourth-order valence-corrected chi connectivity index (χ4v) is 2.18. The summed E-state index contributed by atoms with van der Waals surface area (Å²) in [4.78, 5) is 23.2. The van der Waals surface area contributed by atoms with Gasteiger partial charge in [0, 0.05) is 6.42 Å². The maximum absolute atomic E-state index is 12.1. The van der Waals surface area contributed by atoms with Crippen molar-refractivity contribution in [1.29, 1.82) is 0 Å². The summed E-state index contributed by atoms with van der Waals surface area (Å²) in [5, 5.41) is 15.0. The zero-order valence-corrected chi connectivity index (χ0v) is 10.8. The van der Waals surface area contributed by atoms with Crippen LogP contribution in [-0.4, -0.2) is 29.6 Å². The molecule has 1 fully saturated rings. The second-order valence-corrected chi connectivity index (χ2v) is 5.00. The van der Waals surface area contributed by atoms with Crippen molar-refractivity contribution in [3.05, 3.63) is 35.9 Å². The average molecular weight is 262 g/mol. The van der Waals surface area contributed by atoms with E-state index in [0.717, 1.165) is 5.56 Å². The van der Waals surface area contributed by atoms with E-state index in [0.29, 0.717) is 12.8 Å². The highest BCUT2D eigenvalue weighted by Gasteiger charge is 2.33. The molecule has 0 aromatic heterocycles. The molecule has 0 aliphatic carbocycles. The van der Waals surface area contributed by atoms with Crippen LogP contribution in [0.3, 0.4) is 0 Å². The second kappa shape index (κ2) is 5.40. The molecule has 2 amide bonds. The fourth-order valence-electron chi connectivity index (χ4n) is 2.18. The van der Waals surface area contributed by atoms with Crippen molar-refractivity contribution in [2.75, 3.05) is 6.61 Å². The summed E-state index contributed by atoms with van der Waals surface area (Å²) in [5.74, 6) is -0.364. The van der Waals surface area contributed by atoms with Crippen LogP contribution in [0.1, 0.15) is 25.3 Å². The Morgan fingerprint density at radius 2 is 2.16 bits per heavy atom. The summed E-state index contributed by atoms with van der Waals surface area (Å²) >= 11 is 0. The molecular weight excluding hydrogens is 244 g/mol. The first-order chi connectivity index (χ1) is 9.05. The molecule has 0 spiro atoms. The number of nitrogens with one attached hydrogen (secondary N) is 2. The molecule has 1 aliphatic rings. The van der Waals surface area contributed by atoms with Gasteiger partial charge in [-0.15, -0.1) is 0 Å². The molecule has 1 heterocycles. The number of carbonyl (C=O) groups is 2. The molecule has 0 bridgehead atoms. The number of carbonyl (C=O) groups excluding carboxylic acids is 2. The van der Waals surface area contributed by atoms with Gasteiger partial charge in [0.15, 0.2) is 0 Å². The topological polar surface area (TPSA) is 78.4 Å². The van der Waals surface area contributed by atoms with Crippen molar-refractivity contribution in [1.82, 2.24) is 10.6 Å². The minimum atomic E-state index is -0.842. The van der Waals surface area contributed by atoms with Gasteiger partial charge in [-0.05, 0) is 18.9 Å². The van der Waals surface area contributed by atoms with Gasteiger partial charge in [0.2, 0.25) is 11.8 Å². The lowest BCUT2D eigenvalue weighted by Crippen LogP contribution is -2.52. The first-order valence-corrected chi connectivity index (χ1v) is 6.33. The molecule has 102 valence electrons. The predicted molar refractivity (Wildman–Crippen MR) is 70.2 cm³/mol. The van der Waals surface area contributed by atoms with Crippen LogP contribution in [0.5, 0.6) is 0 Å². The van der Waals surface area contributed by atoms with Crippen molar-refractivity contribution in [2.24, 2.45) is 0 Å². The molecule has 1 aromatic rings. The van der Waals surface area contributed by atoms with Gasteiger partial charge in [0.25, 0.3) is 0 Å². The van der Waals surface area contributed by atoms with Crippen molar-refractivity contribution in [3.8, 4) is 0 Å². The molecule has 5 nitrogen and oxygen atoms in total. The first-order valence-electron chi connectivity index (χ1n) is 6.33. The minimum absolute atomic E-state index is 0.106. The van der Waals surface area contributed by atoms with Crippen molar-refractivity contribution in [2.45, 2.75) is 31.3 Å². The number of hydrogen-bond donors (Lipinski definition) is 3. The van der Waals surface area contributed by atoms with E-state index in [1.807, 2.05) is 30.3 Å². The van der Waals surface area contributed by atoms with E-state index in [1.165, 1.54) is 0 Å². The smallest absolute Gasteiger partial charge is 0.243 e. The Balaban J connectivity index is 2.10. The Hall–Kier alpha value is -1.88. The van der Waals surface area contributed by atoms with Crippen LogP contribution in [-0.2, 0) is 15.1 Å². The molecule has 2 atom stereocenters. The maximum atomic E-state index is 12.1. The molecule has 19 heavy (non-hydrogen) atoms. The van der Waals surface area contributed by atoms with E-state index in [1.54, 1.807) is 6.92 Å². The molecule has 1 unspecified atom stereocenters. The van der Waals surface area contributed by atoms with Gasteiger partial charge in [-0.25, -0.2) is 0 Å². The Morgan fingerprint density at radius 1 is 1.47 bits per heavy atom.